The quantitative estimate of drug-likeness (QED) is 0.801. The minimum Gasteiger partial charge on any atom is -0.323 e. The molecule has 0 aliphatic rings. The van der Waals surface area contributed by atoms with Crippen LogP contribution in [0.5, 0.6) is 0 Å². The normalized spacial score (nSPS) is 13.3. The fourth-order valence-corrected chi connectivity index (χ4v) is 1.29. The number of hydrogen-bond donors (Lipinski definition) is 1. The van der Waals surface area contributed by atoms with Gasteiger partial charge in [-0.05, 0) is 32.3 Å². The summed E-state index contributed by atoms with van der Waals surface area (Å²) in [5.41, 5.74) is 5.94. The van der Waals surface area contributed by atoms with Crippen LogP contribution in [0.4, 0.5) is 8.78 Å². The van der Waals surface area contributed by atoms with E-state index < -0.39 is 17.7 Å². The zero-order valence-corrected chi connectivity index (χ0v) is 8.30. The first kappa shape index (κ1) is 11.1. The third kappa shape index (κ3) is 2.75. The van der Waals surface area contributed by atoms with E-state index in [4.69, 9.17) is 5.73 Å². The van der Waals surface area contributed by atoms with Crippen LogP contribution in [0.25, 0.3) is 0 Å². The number of halogens is 2. The Kier molecular flexibility index (Phi) is 3.55. The first-order valence-electron chi connectivity index (χ1n) is 4.36. The number of nitrogens with zero attached hydrogens (tertiary/aromatic N) is 1. The molecule has 0 spiro atoms. The predicted octanol–water partition coefficient (Wildman–Crippen LogP) is 1.53. The van der Waals surface area contributed by atoms with Crippen LogP contribution in [0.2, 0.25) is 0 Å². The molecular formula is C10H14F2N2. The third-order valence-electron chi connectivity index (χ3n) is 1.92. The maximum absolute atomic E-state index is 13.2. The van der Waals surface area contributed by atoms with Crippen molar-refractivity contribution in [3.05, 3.63) is 35.4 Å². The molecule has 0 bridgehead atoms. The Morgan fingerprint density at radius 1 is 1.36 bits per heavy atom. The summed E-state index contributed by atoms with van der Waals surface area (Å²) in [6.07, 6.45) is 0. The van der Waals surface area contributed by atoms with Gasteiger partial charge in [0.2, 0.25) is 0 Å². The number of rotatable bonds is 3. The molecule has 14 heavy (non-hydrogen) atoms. The second-order valence-electron chi connectivity index (χ2n) is 3.53. The van der Waals surface area contributed by atoms with Crippen LogP contribution in [-0.2, 0) is 0 Å². The largest absolute Gasteiger partial charge is 0.323 e. The van der Waals surface area contributed by atoms with Gasteiger partial charge in [-0.15, -0.1) is 0 Å². The molecule has 1 aromatic carbocycles. The molecule has 78 valence electrons. The Balaban J connectivity index is 2.88. The SMILES string of the molecule is CN(C)CC(N)c1cc(F)ccc1F. The van der Waals surface area contributed by atoms with Crippen molar-refractivity contribution in [3.8, 4) is 0 Å². The highest BCUT2D eigenvalue weighted by Crippen LogP contribution is 2.16. The van der Waals surface area contributed by atoms with E-state index in [-0.39, 0.29) is 5.56 Å². The Morgan fingerprint density at radius 2 is 2.00 bits per heavy atom. The Labute approximate surface area is 82.3 Å². The van der Waals surface area contributed by atoms with E-state index >= 15 is 0 Å². The number of benzene rings is 1. The van der Waals surface area contributed by atoms with E-state index in [9.17, 15) is 8.78 Å². The average Bonchev–Trinajstić information content (AvgIpc) is 2.08. The fourth-order valence-electron chi connectivity index (χ4n) is 1.29. The zero-order valence-electron chi connectivity index (χ0n) is 8.30. The van der Waals surface area contributed by atoms with E-state index in [2.05, 4.69) is 0 Å². The van der Waals surface area contributed by atoms with E-state index in [0.717, 1.165) is 18.2 Å². The molecule has 0 aliphatic heterocycles. The molecule has 0 aromatic heterocycles. The standard InChI is InChI=1S/C10H14F2N2/c1-14(2)6-10(13)8-5-7(11)3-4-9(8)12/h3-5,10H,6,13H2,1-2H3. The van der Waals surface area contributed by atoms with Crippen molar-refractivity contribution in [3.63, 3.8) is 0 Å². The third-order valence-corrected chi connectivity index (χ3v) is 1.92. The van der Waals surface area contributed by atoms with Gasteiger partial charge >= 0.3 is 0 Å². The van der Waals surface area contributed by atoms with Gasteiger partial charge < -0.3 is 10.6 Å². The summed E-state index contributed by atoms with van der Waals surface area (Å²) in [6, 6.07) is 2.82. The van der Waals surface area contributed by atoms with Crippen molar-refractivity contribution < 1.29 is 8.78 Å². The molecule has 0 radical (unpaired) electrons. The van der Waals surface area contributed by atoms with Crippen LogP contribution >= 0.6 is 0 Å². The van der Waals surface area contributed by atoms with Gasteiger partial charge in [0.15, 0.2) is 0 Å². The van der Waals surface area contributed by atoms with E-state index in [0.29, 0.717) is 6.54 Å². The molecule has 0 aliphatic carbocycles. The Hall–Kier alpha value is -1.00. The van der Waals surface area contributed by atoms with Gasteiger partial charge in [-0.1, -0.05) is 0 Å². The number of hydrogen-bond acceptors (Lipinski definition) is 2. The van der Waals surface area contributed by atoms with Crippen molar-refractivity contribution in [2.24, 2.45) is 5.73 Å². The van der Waals surface area contributed by atoms with Crippen LogP contribution in [-0.4, -0.2) is 25.5 Å². The summed E-state index contributed by atoms with van der Waals surface area (Å²) >= 11 is 0. The maximum Gasteiger partial charge on any atom is 0.128 e. The minimum absolute atomic E-state index is 0.221. The van der Waals surface area contributed by atoms with Gasteiger partial charge in [0, 0.05) is 18.2 Å². The summed E-state index contributed by atoms with van der Waals surface area (Å²) in [6.45, 7) is 0.486. The first-order chi connectivity index (χ1) is 6.50. The van der Waals surface area contributed by atoms with Crippen LogP contribution in [0, 0.1) is 11.6 Å². The first-order valence-corrected chi connectivity index (χ1v) is 4.36. The van der Waals surface area contributed by atoms with E-state index in [1.165, 1.54) is 0 Å². The van der Waals surface area contributed by atoms with Gasteiger partial charge in [-0.3, -0.25) is 0 Å². The van der Waals surface area contributed by atoms with E-state index in [1.807, 2.05) is 19.0 Å². The molecule has 1 unspecified atom stereocenters. The number of nitrogens with two attached hydrogens (primary N) is 1. The van der Waals surface area contributed by atoms with Gasteiger partial charge in [0.1, 0.15) is 11.6 Å². The highest BCUT2D eigenvalue weighted by Gasteiger charge is 2.12. The molecule has 0 fully saturated rings. The van der Waals surface area contributed by atoms with Crippen molar-refractivity contribution in [1.29, 1.82) is 0 Å². The van der Waals surface area contributed by atoms with Crippen LogP contribution in [0.3, 0.4) is 0 Å². The molecule has 1 rings (SSSR count). The fraction of sp³-hybridized carbons (Fsp3) is 0.400. The lowest BCUT2D eigenvalue weighted by Crippen LogP contribution is -2.26. The molecule has 1 atom stereocenters. The lowest BCUT2D eigenvalue weighted by Gasteiger charge is -2.17. The van der Waals surface area contributed by atoms with Gasteiger partial charge in [-0.2, -0.15) is 0 Å². The van der Waals surface area contributed by atoms with Crippen LogP contribution in [0.15, 0.2) is 18.2 Å². The molecule has 0 heterocycles. The summed E-state index contributed by atoms with van der Waals surface area (Å²) in [5.74, 6) is -0.920. The lowest BCUT2D eigenvalue weighted by atomic mass is 10.1. The van der Waals surface area contributed by atoms with Gasteiger partial charge in [-0.25, -0.2) is 8.78 Å². The van der Waals surface area contributed by atoms with E-state index in [1.54, 1.807) is 0 Å². The molecule has 2 N–H and O–H groups in total. The Morgan fingerprint density at radius 3 is 2.57 bits per heavy atom. The number of likely N-dealkylation sites (N-methyl/N-ethyl adjacent to an activating group) is 1. The maximum atomic E-state index is 13.2. The Bertz CT molecular complexity index is 313. The molecule has 0 saturated carbocycles. The van der Waals surface area contributed by atoms with Crippen LogP contribution in [0.1, 0.15) is 11.6 Å². The second kappa shape index (κ2) is 4.48. The van der Waals surface area contributed by atoms with Crippen molar-refractivity contribution in [2.75, 3.05) is 20.6 Å². The van der Waals surface area contributed by atoms with Crippen molar-refractivity contribution in [2.45, 2.75) is 6.04 Å². The van der Waals surface area contributed by atoms with Gasteiger partial charge in [0.05, 0.1) is 0 Å². The lowest BCUT2D eigenvalue weighted by molar-refractivity contribution is 0.371. The van der Waals surface area contributed by atoms with Crippen molar-refractivity contribution in [1.82, 2.24) is 4.90 Å². The smallest absolute Gasteiger partial charge is 0.128 e. The van der Waals surface area contributed by atoms with Gasteiger partial charge in [0.25, 0.3) is 0 Å². The molecule has 0 amide bonds. The van der Waals surface area contributed by atoms with Crippen molar-refractivity contribution >= 4 is 0 Å². The molecule has 2 nitrogen and oxygen atoms in total. The average molecular weight is 200 g/mol. The topological polar surface area (TPSA) is 29.3 Å². The summed E-state index contributed by atoms with van der Waals surface area (Å²) in [5, 5.41) is 0. The summed E-state index contributed by atoms with van der Waals surface area (Å²) in [7, 11) is 3.66. The molecule has 1 aromatic rings. The molecular weight excluding hydrogens is 186 g/mol. The summed E-state index contributed by atoms with van der Waals surface area (Å²) in [4.78, 5) is 1.83. The highest BCUT2D eigenvalue weighted by atomic mass is 19.1. The monoisotopic (exact) mass is 200 g/mol. The second-order valence-corrected chi connectivity index (χ2v) is 3.53. The summed E-state index contributed by atoms with van der Waals surface area (Å²) < 4.78 is 26.0. The highest BCUT2D eigenvalue weighted by molar-refractivity contribution is 5.22. The molecule has 4 heteroatoms. The van der Waals surface area contributed by atoms with Crippen LogP contribution < -0.4 is 5.73 Å². The minimum atomic E-state index is -0.499. The predicted molar refractivity (Wildman–Crippen MR) is 51.8 cm³/mol. The zero-order chi connectivity index (χ0) is 10.7. The molecule has 0 saturated heterocycles.